The van der Waals surface area contributed by atoms with E-state index in [0.717, 1.165) is 32.1 Å². The molecule has 7 heteroatoms. The van der Waals surface area contributed by atoms with E-state index in [2.05, 4.69) is 28.8 Å². The van der Waals surface area contributed by atoms with Crippen molar-refractivity contribution >= 4 is 15.9 Å². The van der Waals surface area contributed by atoms with Crippen molar-refractivity contribution in [3.8, 4) is 0 Å². The van der Waals surface area contributed by atoms with Crippen LogP contribution in [0.1, 0.15) is 18.4 Å². The average molecular weight is 353 g/mol. The number of sulfonamides is 1. The summed E-state index contributed by atoms with van der Waals surface area (Å²) in [6, 6.07) is 10.7. The van der Waals surface area contributed by atoms with Gasteiger partial charge in [-0.05, 0) is 31.9 Å². The van der Waals surface area contributed by atoms with Crippen molar-refractivity contribution in [2.24, 2.45) is 0 Å². The lowest BCUT2D eigenvalue weighted by Crippen LogP contribution is -2.51. The molecule has 0 bridgehead atoms. The predicted molar refractivity (Wildman–Crippen MR) is 95.2 cm³/mol. The fourth-order valence-corrected chi connectivity index (χ4v) is 3.36. The van der Waals surface area contributed by atoms with Crippen LogP contribution >= 0.6 is 0 Å². The van der Waals surface area contributed by atoms with Crippen LogP contribution in [0.2, 0.25) is 0 Å². The van der Waals surface area contributed by atoms with Crippen molar-refractivity contribution in [2.45, 2.75) is 25.3 Å². The van der Waals surface area contributed by atoms with Gasteiger partial charge < -0.3 is 9.80 Å². The topological polar surface area (TPSA) is 69.7 Å². The van der Waals surface area contributed by atoms with Gasteiger partial charge in [0.25, 0.3) is 0 Å². The van der Waals surface area contributed by atoms with Crippen molar-refractivity contribution in [1.29, 1.82) is 0 Å². The first-order valence-corrected chi connectivity index (χ1v) is 10.2. The monoisotopic (exact) mass is 353 g/mol. The number of rotatable bonds is 7. The Morgan fingerprint density at radius 2 is 2.04 bits per heavy atom. The van der Waals surface area contributed by atoms with Gasteiger partial charge in [0.15, 0.2) is 0 Å². The Hall–Kier alpha value is -1.44. The molecule has 1 aromatic rings. The second-order valence-electron chi connectivity index (χ2n) is 6.45. The number of carbonyl (C=O) groups excluding carboxylic acids is 1. The number of hydrogen-bond donors (Lipinski definition) is 1. The Morgan fingerprint density at radius 1 is 1.33 bits per heavy atom. The molecule has 134 valence electrons. The minimum Gasteiger partial charge on any atom is -0.340 e. The van der Waals surface area contributed by atoms with Gasteiger partial charge in [0.1, 0.15) is 0 Å². The van der Waals surface area contributed by atoms with E-state index in [1.54, 1.807) is 4.90 Å². The third kappa shape index (κ3) is 6.22. The number of nitrogens with one attached hydrogen (secondary N) is 1. The van der Waals surface area contributed by atoms with Crippen LogP contribution in [0.5, 0.6) is 0 Å². The van der Waals surface area contributed by atoms with Gasteiger partial charge in [-0.3, -0.25) is 4.79 Å². The standard InChI is InChI=1S/C17H27N3O3S/c1-19(12-10-15-7-4-3-5-8-15)16-9-6-11-20(14-16)17(21)13-18-24(2,22)23/h3-5,7-8,16,18H,6,9-14H2,1-2H3. The molecule has 0 saturated carbocycles. The van der Waals surface area contributed by atoms with E-state index >= 15 is 0 Å². The van der Waals surface area contributed by atoms with Crippen molar-refractivity contribution < 1.29 is 13.2 Å². The molecule has 1 heterocycles. The normalized spacial score (nSPS) is 18.8. The summed E-state index contributed by atoms with van der Waals surface area (Å²) in [4.78, 5) is 16.2. The molecule has 0 aromatic heterocycles. The molecule has 1 unspecified atom stereocenters. The van der Waals surface area contributed by atoms with E-state index in [-0.39, 0.29) is 12.5 Å². The van der Waals surface area contributed by atoms with Crippen LogP contribution in [0, 0.1) is 0 Å². The van der Waals surface area contributed by atoms with E-state index in [4.69, 9.17) is 0 Å². The first kappa shape index (κ1) is 18.9. The molecule has 0 aliphatic carbocycles. The molecule has 0 radical (unpaired) electrons. The lowest BCUT2D eigenvalue weighted by molar-refractivity contribution is -0.131. The number of likely N-dealkylation sites (tertiary alicyclic amines) is 1. The molecule has 1 amide bonds. The molecule has 1 atom stereocenters. The minimum absolute atomic E-state index is 0.151. The quantitative estimate of drug-likeness (QED) is 0.783. The molecule has 1 aromatic carbocycles. The van der Waals surface area contributed by atoms with Gasteiger partial charge >= 0.3 is 0 Å². The maximum absolute atomic E-state index is 12.2. The summed E-state index contributed by atoms with van der Waals surface area (Å²) in [5.74, 6) is -0.151. The molecule has 1 fully saturated rings. The van der Waals surface area contributed by atoms with Crippen LogP contribution in [0.25, 0.3) is 0 Å². The average Bonchev–Trinajstić information content (AvgIpc) is 2.58. The summed E-state index contributed by atoms with van der Waals surface area (Å²) in [5, 5.41) is 0. The first-order valence-electron chi connectivity index (χ1n) is 8.32. The number of carbonyl (C=O) groups is 1. The van der Waals surface area contributed by atoms with Gasteiger partial charge in [-0.25, -0.2) is 13.1 Å². The molecular formula is C17H27N3O3S. The third-order valence-corrected chi connectivity index (χ3v) is 5.12. The Balaban J connectivity index is 1.82. The Labute approximate surface area is 144 Å². The smallest absolute Gasteiger partial charge is 0.237 e. The van der Waals surface area contributed by atoms with Crippen LogP contribution in [0.15, 0.2) is 30.3 Å². The summed E-state index contributed by atoms with van der Waals surface area (Å²) in [6.45, 7) is 2.15. The van der Waals surface area contributed by atoms with Gasteiger partial charge in [-0.2, -0.15) is 0 Å². The second kappa shape index (κ2) is 8.60. The fraction of sp³-hybridized carbons (Fsp3) is 0.588. The highest BCUT2D eigenvalue weighted by atomic mass is 32.2. The Bertz CT molecular complexity index is 634. The first-order chi connectivity index (χ1) is 11.3. The van der Waals surface area contributed by atoms with Crippen LogP contribution in [-0.4, -0.2) is 69.6 Å². The third-order valence-electron chi connectivity index (χ3n) is 4.45. The molecule has 1 aliphatic rings. The molecule has 1 aliphatic heterocycles. The highest BCUT2D eigenvalue weighted by molar-refractivity contribution is 7.88. The number of likely N-dealkylation sites (N-methyl/N-ethyl adjacent to an activating group) is 1. The predicted octanol–water partition coefficient (Wildman–Crippen LogP) is 0.701. The molecule has 1 saturated heterocycles. The number of benzene rings is 1. The lowest BCUT2D eigenvalue weighted by Gasteiger charge is -2.37. The zero-order valence-electron chi connectivity index (χ0n) is 14.4. The zero-order valence-corrected chi connectivity index (χ0v) is 15.3. The number of nitrogens with zero attached hydrogens (tertiary/aromatic N) is 2. The summed E-state index contributed by atoms with van der Waals surface area (Å²) in [7, 11) is -1.24. The van der Waals surface area contributed by atoms with E-state index in [0.29, 0.717) is 19.1 Å². The largest absolute Gasteiger partial charge is 0.340 e. The van der Waals surface area contributed by atoms with Gasteiger partial charge in [-0.1, -0.05) is 30.3 Å². The highest BCUT2D eigenvalue weighted by Crippen LogP contribution is 2.15. The van der Waals surface area contributed by atoms with Crippen LogP contribution in [-0.2, 0) is 21.2 Å². The molecule has 1 N–H and O–H groups in total. The minimum atomic E-state index is -3.33. The molecule has 24 heavy (non-hydrogen) atoms. The van der Waals surface area contributed by atoms with Gasteiger partial charge in [0.05, 0.1) is 12.8 Å². The van der Waals surface area contributed by atoms with Crippen molar-refractivity contribution in [2.75, 3.05) is 39.5 Å². The van der Waals surface area contributed by atoms with Crippen LogP contribution in [0.3, 0.4) is 0 Å². The van der Waals surface area contributed by atoms with E-state index < -0.39 is 10.0 Å². The SMILES string of the molecule is CN(CCc1ccccc1)C1CCCN(C(=O)CNS(C)(=O)=O)C1. The van der Waals surface area contributed by atoms with Gasteiger partial charge in [0, 0.05) is 25.7 Å². The van der Waals surface area contributed by atoms with Crippen molar-refractivity contribution in [3.63, 3.8) is 0 Å². The lowest BCUT2D eigenvalue weighted by atomic mass is 10.0. The maximum atomic E-state index is 12.2. The van der Waals surface area contributed by atoms with Crippen molar-refractivity contribution in [1.82, 2.24) is 14.5 Å². The summed E-state index contributed by atoms with van der Waals surface area (Å²) in [5.41, 5.74) is 1.31. The molecule has 2 rings (SSSR count). The van der Waals surface area contributed by atoms with E-state index in [1.165, 1.54) is 5.56 Å². The van der Waals surface area contributed by atoms with Crippen LogP contribution < -0.4 is 4.72 Å². The number of amides is 1. The van der Waals surface area contributed by atoms with E-state index in [1.807, 2.05) is 18.2 Å². The van der Waals surface area contributed by atoms with Crippen molar-refractivity contribution in [3.05, 3.63) is 35.9 Å². The summed E-state index contributed by atoms with van der Waals surface area (Å²) >= 11 is 0. The fourth-order valence-electron chi connectivity index (χ4n) is 2.98. The van der Waals surface area contributed by atoms with E-state index in [9.17, 15) is 13.2 Å². The number of hydrogen-bond acceptors (Lipinski definition) is 4. The second-order valence-corrected chi connectivity index (χ2v) is 8.28. The summed E-state index contributed by atoms with van der Waals surface area (Å²) in [6.07, 6.45) is 4.06. The maximum Gasteiger partial charge on any atom is 0.237 e. The zero-order chi connectivity index (χ0) is 17.6. The summed E-state index contributed by atoms with van der Waals surface area (Å²) < 4.78 is 24.5. The highest BCUT2D eigenvalue weighted by Gasteiger charge is 2.26. The molecular weight excluding hydrogens is 326 g/mol. The Morgan fingerprint density at radius 3 is 2.71 bits per heavy atom. The van der Waals surface area contributed by atoms with Gasteiger partial charge in [-0.15, -0.1) is 0 Å². The van der Waals surface area contributed by atoms with Crippen LogP contribution in [0.4, 0.5) is 0 Å². The van der Waals surface area contributed by atoms with Gasteiger partial charge in [0.2, 0.25) is 15.9 Å². The molecule has 0 spiro atoms. The Kier molecular flexibility index (Phi) is 6.77. The number of piperidine rings is 1. The molecule has 6 nitrogen and oxygen atoms in total.